The van der Waals surface area contributed by atoms with E-state index in [4.69, 9.17) is 22.6 Å². The van der Waals surface area contributed by atoms with E-state index in [0.717, 1.165) is 11.8 Å². The van der Waals surface area contributed by atoms with Crippen molar-refractivity contribution in [2.45, 2.75) is 24.3 Å². The number of sulfone groups is 1. The summed E-state index contributed by atoms with van der Waals surface area (Å²) in [6.45, 7) is 1.63. The molecule has 9 nitrogen and oxygen atoms in total. The molecular weight excluding hydrogens is 466 g/mol. The van der Waals surface area contributed by atoms with Gasteiger partial charge in [0, 0.05) is 34.3 Å². The van der Waals surface area contributed by atoms with Crippen molar-refractivity contribution in [1.82, 2.24) is 0 Å². The van der Waals surface area contributed by atoms with Crippen LogP contribution in [0.2, 0.25) is 0 Å². The van der Waals surface area contributed by atoms with E-state index in [1.807, 2.05) is 30.3 Å². The normalized spacial score (nSPS) is 12.1. The molecule has 3 aromatic carbocycles. The van der Waals surface area contributed by atoms with Crippen LogP contribution in [0.1, 0.15) is 30.5 Å². The van der Waals surface area contributed by atoms with Crippen LogP contribution in [0.15, 0.2) is 71.6 Å². The molecule has 2 amide bonds. The molecule has 0 aliphatic heterocycles. The predicted octanol–water partition coefficient (Wildman–Crippen LogP) is 2.59. The number of hydrogen-bond donors (Lipinski definition) is 4. The molecule has 3 aromatic rings. The Morgan fingerprint density at radius 3 is 2.09 bits per heavy atom. The first kappa shape index (κ1) is 25.4. The Hall–Kier alpha value is -4.18. The summed E-state index contributed by atoms with van der Waals surface area (Å²) in [5, 5.41) is 7.59. The number of benzene rings is 3. The minimum atomic E-state index is -3.74. The summed E-state index contributed by atoms with van der Waals surface area (Å²) in [5.41, 5.74) is 20.0. The highest BCUT2D eigenvalue weighted by atomic mass is 32.2. The fourth-order valence-electron chi connectivity index (χ4n) is 3.99. The molecule has 0 aromatic heterocycles. The Balaban J connectivity index is 2.26. The molecule has 182 valence electrons. The number of nitrogen functional groups attached to an aromatic ring is 2. The zero-order valence-corrected chi connectivity index (χ0v) is 20.2. The summed E-state index contributed by atoms with van der Waals surface area (Å²) in [6.07, 6.45) is 0.475. The quantitative estimate of drug-likeness (QED) is 0.162. The Morgan fingerprint density at radius 1 is 0.971 bits per heavy atom. The molecule has 7 N–H and O–H groups in total. The highest BCUT2D eigenvalue weighted by Gasteiger charge is 2.31. The lowest BCUT2D eigenvalue weighted by atomic mass is 9.95. The predicted molar refractivity (Wildman–Crippen MR) is 137 cm³/mol. The summed E-state index contributed by atoms with van der Waals surface area (Å²) in [6, 6.07) is 17.6. The molecule has 1 unspecified atom stereocenters. The van der Waals surface area contributed by atoms with Gasteiger partial charge in [0.1, 0.15) is 12.3 Å². The smallest absolute Gasteiger partial charge is 0.236 e. The SMILES string of the molecule is CC(c1c(S(C)(=O)=O)ccc(-c2ccccc2)c1N)N(C(=O)CC(N)=O)c1ccc(C(=N)N)cc1. The van der Waals surface area contributed by atoms with E-state index in [-0.39, 0.29) is 22.0 Å². The first-order valence-corrected chi connectivity index (χ1v) is 12.5. The Labute approximate surface area is 204 Å². The number of rotatable bonds is 8. The standard InChI is InChI=1S/C25H27N5O4S/c1-15(30(22(32)14-21(26)31)18-10-8-17(9-11-18)25(28)29)23-20(35(2,33)34)13-12-19(24(23)27)16-6-4-3-5-7-16/h3-13,15H,14,27H2,1-2H3,(H2,26,31)(H3,28,29). The van der Waals surface area contributed by atoms with Crippen molar-refractivity contribution in [3.8, 4) is 11.1 Å². The van der Waals surface area contributed by atoms with Crippen LogP contribution >= 0.6 is 0 Å². The number of hydrogen-bond acceptors (Lipinski definition) is 6. The van der Waals surface area contributed by atoms with Crippen molar-refractivity contribution < 1.29 is 18.0 Å². The lowest BCUT2D eigenvalue weighted by Gasteiger charge is -2.32. The Kier molecular flexibility index (Phi) is 7.25. The zero-order valence-electron chi connectivity index (χ0n) is 19.4. The van der Waals surface area contributed by atoms with Crippen LogP contribution in [-0.4, -0.2) is 32.3 Å². The second kappa shape index (κ2) is 9.98. The largest absolute Gasteiger partial charge is 0.398 e. The highest BCUT2D eigenvalue weighted by Crippen LogP contribution is 2.40. The lowest BCUT2D eigenvalue weighted by molar-refractivity contribution is -0.126. The third kappa shape index (κ3) is 5.49. The maximum Gasteiger partial charge on any atom is 0.236 e. The van der Waals surface area contributed by atoms with Crippen LogP contribution < -0.4 is 22.1 Å². The van der Waals surface area contributed by atoms with Gasteiger partial charge in [-0.2, -0.15) is 0 Å². The molecule has 0 saturated carbocycles. The van der Waals surface area contributed by atoms with Gasteiger partial charge >= 0.3 is 0 Å². The Bertz CT molecular complexity index is 1390. The average Bonchev–Trinajstić information content (AvgIpc) is 2.78. The van der Waals surface area contributed by atoms with Gasteiger partial charge in [0.2, 0.25) is 11.8 Å². The minimum absolute atomic E-state index is 0.0283. The topological polar surface area (TPSA) is 173 Å². The first-order valence-electron chi connectivity index (χ1n) is 10.6. The molecule has 1 atom stereocenters. The second-order valence-electron chi connectivity index (χ2n) is 8.12. The van der Waals surface area contributed by atoms with Crippen molar-refractivity contribution in [1.29, 1.82) is 5.41 Å². The van der Waals surface area contributed by atoms with Gasteiger partial charge in [-0.15, -0.1) is 0 Å². The van der Waals surface area contributed by atoms with Crippen molar-refractivity contribution in [3.63, 3.8) is 0 Å². The first-order chi connectivity index (χ1) is 16.4. The number of amidine groups is 1. The van der Waals surface area contributed by atoms with E-state index in [1.54, 1.807) is 37.3 Å². The Morgan fingerprint density at radius 2 is 1.57 bits per heavy atom. The second-order valence-corrected chi connectivity index (χ2v) is 10.1. The van der Waals surface area contributed by atoms with Gasteiger partial charge in [0.05, 0.1) is 10.9 Å². The number of nitrogens with two attached hydrogens (primary N) is 3. The van der Waals surface area contributed by atoms with Gasteiger partial charge in [-0.1, -0.05) is 36.4 Å². The molecule has 0 aliphatic carbocycles. The molecular formula is C25H27N5O4S. The molecule has 0 aliphatic rings. The number of carbonyl (C=O) groups is 2. The molecule has 0 spiro atoms. The number of anilines is 2. The minimum Gasteiger partial charge on any atom is -0.398 e. The number of primary amides is 1. The van der Waals surface area contributed by atoms with Gasteiger partial charge in [0.15, 0.2) is 9.84 Å². The summed E-state index contributed by atoms with van der Waals surface area (Å²) in [4.78, 5) is 26.0. The van der Waals surface area contributed by atoms with Crippen molar-refractivity contribution >= 4 is 38.9 Å². The third-order valence-corrected chi connectivity index (χ3v) is 6.74. The van der Waals surface area contributed by atoms with Gasteiger partial charge in [-0.05, 0) is 42.8 Å². The van der Waals surface area contributed by atoms with Gasteiger partial charge in [0.25, 0.3) is 0 Å². The zero-order chi connectivity index (χ0) is 25.9. The summed E-state index contributed by atoms with van der Waals surface area (Å²) >= 11 is 0. The van der Waals surface area contributed by atoms with E-state index in [0.29, 0.717) is 16.8 Å². The molecule has 0 fully saturated rings. The number of amides is 2. The van der Waals surface area contributed by atoms with Gasteiger partial charge in [-0.25, -0.2) is 8.42 Å². The molecule has 0 bridgehead atoms. The van der Waals surface area contributed by atoms with E-state index in [1.165, 1.54) is 11.0 Å². The molecule has 10 heteroatoms. The van der Waals surface area contributed by atoms with Crippen molar-refractivity contribution in [2.75, 3.05) is 16.9 Å². The van der Waals surface area contributed by atoms with Crippen LogP contribution in [0.5, 0.6) is 0 Å². The van der Waals surface area contributed by atoms with Gasteiger partial charge < -0.3 is 22.1 Å². The van der Waals surface area contributed by atoms with E-state index in [9.17, 15) is 18.0 Å². The fourth-order valence-corrected chi connectivity index (χ4v) is 4.98. The van der Waals surface area contributed by atoms with Crippen molar-refractivity contribution in [3.05, 3.63) is 77.9 Å². The van der Waals surface area contributed by atoms with E-state index >= 15 is 0 Å². The average molecular weight is 494 g/mol. The molecule has 35 heavy (non-hydrogen) atoms. The highest BCUT2D eigenvalue weighted by molar-refractivity contribution is 7.90. The number of nitrogens with one attached hydrogen (secondary N) is 1. The van der Waals surface area contributed by atoms with Crippen LogP contribution in [-0.2, 0) is 19.4 Å². The summed E-state index contributed by atoms with van der Waals surface area (Å²) in [5.74, 6) is -1.62. The van der Waals surface area contributed by atoms with Crippen LogP contribution in [0.3, 0.4) is 0 Å². The van der Waals surface area contributed by atoms with E-state index < -0.39 is 34.1 Å². The number of nitrogens with zero attached hydrogens (tertiary/aromatic N) is 1. The van der Waals surface area contributed by atoms with Crippen LogP contribution in [0, 0.1) is 5.41 Å². The molecule has 0 radical (unpaired) electrons. The monoisotopic (exact) mass is 493 g/mol. The maximum atomic E-state index is 13.2. The maximum absolute atomic E-state index is 13.2. The number of carbonyl (C=O) groups excluding carboxylic acids is 2. The van der Waals surface area contributed by atoms with Crippen molar-refractivity contribution in [2.24, 2.45) is 11.5 Å². The molecule has 3 rings (SSSR count). The summed E-state index contributed by atoms with van der Waals surface area (Å²) in [7, 11) is -3.74. The third-order valence-electron chi connectivity index (χ3n) is 5.59. The van der Waals surface area contributed by atoms with E-state index in [2.05, 4.69) is 0 Å². The molecule has 0 heterocycles. The summed E-state index contributed by atoms with van der Waals surface area (Å²) < 4.78 is 25.4. The van der Waals surface area contributed by atoms with Crippen LogP contribution in [0.25, 0.3) is 11.1 Å². The molecule has 0 saturated heterocycles. The van der Waals surface area contributed by atoms with Crippen LogP contribution in [0.4, 0.5) is 11.4 Å². The van der Waals surface area contributed by atoms with Gasteiger partial charge in [-0.3, -0.25) is 15.0 Å². The lowest BCUT2D eigenvalue weighted by Crippen LogP contribution is -2.37. The fraction of sp³-hybridized carbons (Fsp3) is 0.160.